The Morgan fingerprint density at radius 3 is 2.62 bits per heavy atom. The molecule has 4 amide bonds. The molecular weight excluding hydrogens is 384 g/mol. The second kappa shape index (κ2) is 8.26. The molecular formula is C20H19F2N3O4. The van der Waals surface area contributed by atoms with Crippen molar-refractivity contribution in [3.8, 4) is 5.75 Å². The Labute approximate surface area is 165 Å². The minimum atomic E-state index is -1.81. The smallest absolute Gasteiger partial charge is 0.325 e. The van der Waals surface area contributed by atoms with Crippen LogP contribution < -0.4 is 15.4 Å². The van der Waals surface area contributed by atoms with E-state index in [0.717, 1.165) is 18.2 Å². The van der Waals surface area contributed by atoms with Crippen LogP contribution >= 0.6 is 0 Å². The highest BCUT2D eigenvalue weighted by Gasteiger charge is 2.50. The van der Waals surface area contributed by atoms with Crippen LogP contribution in [0.25, 0.3) is 0 Å². The zero-order valence-electron chi connectivity index (χ0n) is 15.6. The summed E-state index contributed by atoms with van der Waals surface area (Å²) in [4.78, 5) is 37.7. The fourth-order valence-corrected chi connectivity index (χ4v) is 2.98. The van der Waals surface area contributed by atoms with Crippen LogP contribution in [-0.4, -0.2) is 42.4 Å². The Kier molecular flexibility index (Phi) is 5.76. The summed E-state index contributed by atoms with van der Waals surface area (Å²) in [7, 11) is 0. The molecule has 0 aromatic heterocycles. The third kappa shape index (κ3) is 4.34. The van der Waals surface area contributed by atoms with E-state index in [0.29, 0.717) is 10.6 Å². The van der Waals surface area contributed by atoms with Crippen molar-refractivity contribution in [2.24, 2.45) is 0 Å². The Morgan fingerprint density at radius 1 is 1.17 bits per heavy atom. The van der Waals surface area contributed by atoms with Crippen molar-refractivity contribution in [1.82, 2.24) is 15.5 Å². The molecule has 1 fully saturated rings. The van der Waals surface area contributed by atoms with Crippen LogP contribution in [0.1, 0.15) is 12.5 Å². The number of amides is 4. The number of ether oxygens (including phenoxy) is 1. The van der Waals surface area contributed by atoms with E-state index < -0.39 is 41.6 Å². The van der Waals surface area contributed by atoms with Gasteiger partial charge in [-0.05, 0) is 37.3 Å². The molecule has 2 aromatic carbocycles. The fraction of sp³-hybridized carbons (Fsp3) is 0.250. The van der Waals surface area contributed by atoms with Gasteiger partial charge in [0.1, 0.15) is 36.1 Å². The summed E-state index contributed by atoms with van der Waals surface area (Å²) in [6.07, 6.45) is 0. The van der Waals surface area contributed by atoms with Crippen molar-refractivity contribution in [2.45, 2.75) is 12.5 Å². The van der Waals surface area contributed by atoms with Gasteiger partial charge in [-0.1, -0.05) is 18.2 Å². The molecule has 0 bridgehead atoms. The van der Waals surface area contributed by atoms with Crippen molar-refractivity contribution >= 4 is 17.8 Å². The lowest BCUT2D eigenvalue weighted by molar-refractivity contribution is -0.134. The molecule has 1 heterocycles. The molecule has 2 aromatic rings. The topological polar surface area (TPSA) is 87.7 Å². The molecule has 152 valence electrons. The highest BCUT2D eigenvalue weighted by molar-refractivity contribution is 6.09. The molecule has 1 saturated heterocycles. The van der Waals surface area contributed by atoms with Crippen LogP contribution in [0.5, 0.6) is 5.75 Å². The van der Waals surface area contributed by atoms with Crippen molar-refractivity contribution in [2.75, 3.05) is 19.7 Å². The second-order valence-corrected chi connectivity index (χ2v) is 6.58. The first-order chi connectivity index (χ1) is 13.8. The number of urea groups is 1. The number of imide groups is 1. The first kappa shape index (κ1) is 20.2. The third-order valence-electron chi connectivity index (χ3n) is 4.48. The number of carbonyl (C=O) groups is 3. The lowest BCUT2D eigenvalue weighted by Crippen LogP contribution is -2.44. The summed E-state index contributed by atoms with van der Waals surface area (Å²) in [5.74, 6) is -2.38. The number of rotatable bonds is 7. The SMILES string of the molecule is C[C@@]1(c2cc(F)ccc2F)NC(=O)N(CC(=O)NCCOc2ccccc2)C1=O. The summed E-state index contributed by atoms with van der Waals surface area (Å²) in [5.41, 5.74) is -2.12. The molecule has 9 heteroatoms. The number of hydrogen-bond donors (Lipinski definition) is 2. The molecule has 0 radical (unpaired) electrons. The molecule has 0 unspecified atom stereocenters. The van der Waals surface area contributed by atoms with Crippen LogP contribution in [0.15, 0.2) is 48.5 Å². The highest BCUT2D eigenvalue weighted by atomic mass is 19.1. The van der Waals surface area contributed by atoms with Gasteiger partial charge in [0.25, 0.3) is 5.91 Å². The van der Waals surface area contributed by atoms with Crippen molar-refractivity contribution in [1.29, 1.82) is 0 Å². The number of hydrogen-bond acceptors (Lipinski definition) is 4. The van der Waals surface area contributed by atoms with Gasteiger partial charge < -0.3 is 15.4 Å². The maximum atomic E-state index is 14.1. The van der Waals surface area contributed by atoms with Gasteiger partial charge in [0, 0.05) is 5.56 Å². The standard InChI is InChI=1S/C20H19F2N3O4/c1-20(15-11-13(21)7-8-16(15)22)18(27)25(19(28)24-20)12-17(26)23-9-10-29-14-5-3-2-4-6-14/h2-8,11H,9-10,12H2,1H3,(H,23,26)(H,24,28)/t20-/m0/s1. The quantitative estimate of drug-likeness (QED) is 0.546. The van der Waals surface area contributed by atoms with Gasteiger partial charge in [-0.2, -0.15) is 0 Å². The maximum Gasteiger partial charge on any atom is 0.325 e. The van der Waals surface area contributed by atoms with Crippen molar-refractivity contribution in [3.05, 3.63) is 65.7 Å². The van der Waals surface area contributed by atoms with E-state index in [-0.39, 0.29) is 18.7 Å². The molecule has 0 spiro atoms. The summed E-state index contributed by atoms with van der Waals surface area (Å²) < 4.78 is 33.1. The summed E-state index contributed by atoms with van der Waals surface area (Å²) in [6, 6.07) is 10.8. The first-order valence-electron chi connectivity index (χ1n) is 8.85. The van der Waals surface area contributed by atoms with Gasteiger partial charge in [-0.15, -0.1) is 0 Å². The Balaban J connectivity index is 1.58. The molecule has 7 nitrogen and oxygen atoms in total. The van der Waals surface area contributed by atoms with E-state index in [9.17, 15) is 23.2 Å². The number of halogens is 2. The third-order valence-corrected chi connectivity index (χ3v) is 4.48. The largest absolute Gasteiger partial charge is 0.492 e. The van der Waals surface area contributed by atoms with Crippen LogP contribution in [0, 0.1) is 11.6 Å². The zero-order chi connectivity index (χ0) is 21.0. The Bertz CT molecular complexity index is 939. The molecule has 1 aliphatic rings. The lowest BCUT2D eigenvalue weighted by atomic mass is 9.91. The lowest BCUT2D eigenvalue weighted by Gasteiger charge is -2.22. The predicted octanol–water partition coefficient (Wildman–Crippen LogP) is 1.93. The van der Waals surface area contributed by atoms with E-state index in [2.05, 4.69) is 10.6 Å². The van der Waals surface area contributed by atoms with Crippen molar-refractivity contribution < 1.29 is 27.9 Å². The van der Waals surface area contributed by atoms with Gasteiger partial charge in [0.2, 0.25) is 5.91 Å². The second-order valence-electron chi connectivity index (χ2n) is 6.58. The van der Waals surface area contributed by atoms with Gasteiger partial charge >= 0.3 is 6.03 Å². The number of nitrogens with zero attached hydrogens (tertiary/aromatic N) is 1. The predicted molar refractivity (Wildman–Crippen MR) is 98.9 cm³/mol. The Hall–Kier alpha value is -3.49. The zero-order valence-corrected chi connectivity index (χ0v) is 15.6. The maximum absolute atomic E-state index is 14.1. The monoisotopic (exact) mass is 403 g/mol. The highest BCUT2D eigenvalue weighted by Crippen LogP contribution is 2.31. The van der Waals surface area contributed by atoms with Crippen LogP contribution in [-0.2, 0) is 15.1 Å². The molecule has 1 atom stereocenters. The van der Waals surface area contributed by atoms with Crippen LogP contribution in [0.4, 0.5) is 13.6 Å². The number of nitrogens with one attached hydrogen (secondary N) is 2. The average Bonchev–Trinajstić information content (AvgIpc) is 2.92. The van der Waals surface area contributed by atoms with Crippen molar-refractivity contribution in [3.63, 3.8) is 0 Å². The van der Waals surface area contributed by atoms with E-state index in [1.54, 1.807) is 12.1 Å². The number of para-hydroxylation sites is 1. The van der Waals surface area contributed by atoms with Gasteiger partial charge in [-0.3, -0.25) is 14.5 Å². The van der Waals surface area contributed by atoms with Crippen LogP contribution in [0.3, 0.4) is 0 Å². The van der Waals surface area contributed by atoms with Gasteiger partial charge in [-0.25, -0.2) is 13.6 Å². The normalized spacial score (nSPS) is 18.5. The van der Waals surface area contributed by atoms with E-state index >= 15 is 0 Å². The van der Waals surface area contributed by atoms with Crippen LogP contribution in [0.2, 0.25) is 0 Å². The van der Waals surface area contributed by atoms with E-state index in [4.69, 9.17) is 4.74 Å². The average molecular weight is 403 g/mol. The number of carbonyl (C=O) groups excluding carboxylic acids is 3. The van der Waals surface area contributed by atoms with E-state index in [1.165, 1.54) is 6.92 Å². The molecule has 1 aliphatic heterocycles. The summed E-state index contributed by atoms with van der Waals surface area (Å²) >= 11 is 0. The number of benzene rings is 2. The molecule has 3 rings (SSSR count). The van der Waals surface area contributed by atoms with Gasteiger partial charge in [0.05, 0.1) is 6.54 Å². The minimum absolute atomic E-state index is 0.160. The Morgan fingerprint density at radius 2 is 1.90 bits per heavy atom. The van der Waals surface area contributed by atoms with E-state index in [1.807, 2.05) is 18.2 Å². The first-order valence-corrected chi connectivity index (χ1v) is 8.85. The molecule has 29 heavy (non-hydrogen) atoms. The minimum Gasteiger partial charge on any atom is -0.492 e. The molecule has 0 aliphatic carbocycles. The summed E-state index contributed by atoms with van der Waals surface area (Å²) in [6.45, 7) is 1.06. The molecule has 2 N–H and O–H groups in total. The molecule has 0 saturated carbocycles. The summed E-state index contributed by atoms with van der Waals surface area (Å²) in [5, 5.41) is 4.87. The van der Waals surface area contributed by atoms with Gasteiger partial charge in [0.15, 0.2) is 0 Å². The fourth-order valence-electron chi connectivity index (χ4n) is 2.98.